The molecule has 23 heavy (non-hydrogen) atoms. The molecule has 0 aliphatic heterocycles. The number of thiazole rings is 1. The first-order valence-corrected chi connectivity index (χ1v) is 8.50. The van der Waals surface area contributed by atoms with E-state index in [9.17, 15) is 0 Å². The molecule has 3 nitrogen and oxygen atoms in total. The molecule has 4 heteroatoms. The summed E-state index contributed by atoms with van der Waals surface area (Å²) in [4.78, 5) is 9.85. The van der Waals surface area contributed by atoms with E-state index in [1.165, 1.54) is 16.0 Å². The van der Waals surface area contributed by atoms with Crippen molar-refractivity contribution in [1.82, 2.24) is 9.97 Å². The highest BCUT2D eigenvalue weighted by molar-refractivity contribution is 7.15. The van der Waals surface area contributed by atoms with Crippen LogP contribution in [-0.4, -0.2) is 9.97 Å². The second-order valence-corrected chi connectivity index (χ2v) is 7.80. The van der Waals surface area contributed by atoms with Crippen LogP contribution in [0.4, 0.5) is 5.13 Å². The van der Waals surface area contributed by atoms with E-state index in [1.54, 1.807) is 17.5 Å². The van der Waals surface area contributed by atoms with Crippen molar-refractivity contribution in [2.45, 2.75) is 32.6 Å². The SMILES string of the molecule is CC(C)(C)c1ccc(Cc2sc(N)nc2-c2cccnc2)cc1. The van der Waals surface area contributed by atoms with Crippen LogP contribution in [0.1, 0.15) is 36.8 Å². The van der Waals surface area contributed by atoms with Crippen molar-refractivity contribution >= 4 is 16.5 Å². The van der Waals surface area contributed by atoms with Crippen LogP contribution in [0.25, 0.3) is 11.3 Å². The fourth-order valence-corrected chi connectivity index (χ4v) is 3.41. The molecular weight excluding hydrogens is 302 g/mol. The standard InChI is InChI=1S/C19H21N3S/c1-19(2,3)15-8-6-13(7-9-15)11-16-17(22-18(20)23-16)14-5-4-10-21-12-14/h4-10,12H,11H2,1-3H3,(H2,20,22). The average Bonchev–Trinajstić information content (AvgIpc) is 2.88. The molecule has 0 aliphatic carbocycles. The maximum atomic E-state index is 5.94. The quantitative estimate of drug-likeness (QED) is 0.761. The number of hydrogen-bond donors (Lipinski definition) is 1. The van der Waals surface area contributed by atoms with E-state index in [0.717, 1.165) is 17.7 Å². The summed E-state index contributed by atoms with van der Waals surface area (Å²) < 4.78 is 0. The highest BCUT2D eigenvalue weighted by atomic mass is 32.1. The van der Waals surface area contributed by atoms with Gasteiger partial charge in [-0.05, 0) is 28.7 Å². The fraction of sp³-hybridized carbons (Fsp3) is 0.263. The monoisotopic (exact) mass is 323 g/mol. The Bertz CT molecular complexity index is 784. The summed E-state index contributed by atoms with van der Waals surface area (Å²) >= 11 is 1.55. The Morgan fingerprint density at radius 1 is 1.09 bits per heavy atom. The van der Waals surface area contributed by atoms with E-state index in [2.05, 4.69) is 55.0 Å². The van der Waals surface area contributed by atoms with E-state index in [1.807, 2.05) is 18.3 Å². The summed E-state index contributed by atoms with van der Waals surface area (Å²) in [6, 6.07) is 12.8. The molecule has 0 amide bonds. The first kappa shape index (κ1) is 15.7. The Labute approximate surface area is 141 Å². The number of nitrogen functional groups attached to an aromatic ring is 1. The van der Waals surface area contributed by atoms with Gasteiger partial charge in [-0.15, -0.1) is 11.3 Å². The third-order valence-corrected chi connectivity index (χ3v) is 4.72. The van der Waals surface area contributed by atoms with Gasteiger partial charge in [0.05, 0.1) is 5.69 Å². The third kappa shape index (κ3) is 3.59. The Balaban J connectivity index is 1.89. The van der Waals surface area contributed by atoms with Crippen LogP contribution in [0.2, 0.25) is 0 Å². The topological polar surface area (TPSA) is 51.8 Å². The van der Waals surface area contributed by atoms with Gasteiger partial charge in [0, 0.05) is 29.3 Å². The molecule has 0 aliphatic rings. The van der Waals surface area contributed by atoms with Crippen LogP contribution in [0.15, 0.2) is 48.8 Å². The second-order valence-electron chi connectivity index (χ2n) is 6.69. The smallest absolute Gasteiger partial charge is 0.180 e. The van der Waals surface area contributed by atoms with E-state index in [0.29, 0.717) is 5.13 Å². The molecule has 2 aromatic heterocycles. The largest absolute Gasteiger partial charge is 0.375 e. The van der Waals surface area contributed by atoms with Gasteiger partial charge in [-0.1, -0.05) is 45.0 Å². The van der Waals surface area contributed by atoms with Gasteiger partial charge in [0.25, 0.3) is 0 Å². The number of aromatic nitrogens is 2. The first-order valence-electron chi connectivity index (χ1n) is 7.68. The Kier molecular flexibility index (Phi) is 4.18. The third-order valence-electron chi connectivity index (χ3n) is 3.83. The van der Waals surface area contributed by atoms with Crippen molar-refractivity contribution in [3.8, 4) is 11.3 Å². The van der Waals surface area contributed by atoms with E-state index in [-0.39, 0.29) is 5.41 Å². The van der Waals surface area contributed by atoms with Gasteiger partial charge >= 0.3 is 0 Å². The lowest BCUT2D eigenvalue weighted by molar-refractivity contribution is 0.590. The van der Waals surface area contributed by atoms with Crippen molar-refractivity contribution in [3.63, 3.8) is 0 Å². The maximum Gasteiger partial charge on any atom is 0.180 e. The molecule has 0 atom stereocenters. The van der Waals surface area contributed by atoms with E-state index in [4.69, 9.17) is 5.73 Å². The van der Waals surface area contributed by atoms with Gasteiger partial charge in [0.15, 0.2) is 5.13 Å². The molecule has 0 spiro atoms. The molecule has 3 aromatic rings. The minimum atomic E-state index is 0.175. The molecule has 0 bridgehead atoms. The summed E-state index contributed by atoms with van der Waals surface area (Å²) in [7, 11) is 0. The predicted octanol–water partition coefficient (Wildman–Crippen LogP) is 4.68. The van der Waals surface area contributed by atoms with Crippen molar-refractivity contribution in [2.24, 2.45) is 0 Å². The van der Waals surface area contributed by atoms with E-state index < -0.39 is 0 Å². The Morgan fingerprint density at radius 2 is 1.83 bits per heavy atom. The molecule has 1 aromatic carbocycles. The summed E-state index contributed by atoms with van der Waals surface area (Å²) in [5, 5.41) is 0.602. The van der Waals surface area contributed by atoms with Crippen LogP contribution < -0.4 is 5.73 Å². The van der Waals surface area contributed by atoms with Gasteiger partial charge in [0.2, 0.25) is 0 Å². The number of anilines is 1. The molecule has 0 unspecified atom stereocenters. The molecule has 0 radical (unpaired) electrons. The van der Waals surface area contributed by atoms with Crippen molar-refractivity contribution in [1.29, 1.82) is 0 Å². The van der Waals surface area contributed by atoms with Crippen LogP contribution >= 0.6 is 11.3 Å². The molecule has 0 saturated heterocycles. The molecule has 118 valence electrons. The molecule has 3 rings (SSSR count). The van der Waals surface area contributed by atoms with Gasteiger partial charge in [-0.2, -0.15) is 0 Å². The van der Waals surface area contributed by atoms with Crippen molar-refractivity contribution < 1.29 is 0 Å². The number of hydrogen-bond acceptors (Lipinski definition) is 4. The van der Waals surface area contributed by atoms with Gasteiger partial charge in [0.1, 0.15) is 0 Å². The molecule has 0 fully saturated rings. The maximum absolute atomic E-state index is 5.94. The summed E-state index contributed by atoms with van der Waals surface area (Å²) in [6.45, 7) is 6.69. The zero-order valence-electron chi connectivity index (χ0n) is 13.7. The molecule has 2 heterocycles. The molecule has 0 saturated carbocycles. The lowest BCUT2D eigenvalue weighted by Gasteiger charge is -2.19. The highest BCUT2D eigenvalue weighted by Gasteiger charge is 2.15. The minimum absolute atomic E-state index is 0.175. The van der Waals surface area contributed by atoms with Crippen LogP contribution in [0.5, 0.6) is 0 Å². The van der Waals surface area contributed by atoms with Gasteiger partial charge < -0.3 is 5.73 Å². The number of benzene rings is 1. The van der Waals surface area contributed by atoms with Crippen molar-refractivity contribution in [2.75, 3.05) is 5.73 Å². The summed E-state index contributed by atoms with van der Waals surface area (Å²) in [6.07, 6.45) is 4.44. The zero-order valence-corrected chi connectivity index (χ0v) is 14.5. The van der Waals surface area contributed by atoms with Crippen LogP contribution in [-0.2, 0) is 11.8 Å². The summed E-state index contributed by atoms with van der Waals surface area (Å²) in [5.74, 6) is 0. The number of nitrogens with zero attached hydrogens (tertiary/aromatic N) is 2. The van der Waals surface area contributed by atoms with E-state index >= 15 is 0 Å². The van der Waals surface area contributed by atoms with Gasteiger partial charge in [-0.3, -0.25) is 4.98 Å². The molecular formula is C19H21N3S. The summed E-state index contributed by atoms with van der Waals surface area (Å²) in [5.41, 5.74) is 10.7. The average molecular weight is 323 g/mol. The number of nitrogens with two attached hydrogens (primary N) is 1. The number of rotatable bonds is 3. The first-order chi connectivity index (χ1) is 10.9. The Morgan fingerprint density at radius 3 is 2.43 bits per heavy atom. The molecule has 2 N–H and O–H groups in total. The van der Waals surface area contributed by atoms with Gasteiger partial charge in [-0.25, -0.2) is 4.98 Å². The fourth-order valence-electron chi connectivity index (χ4n) is 2.53. The minimum Gasteiger partial charge on any atom is -0.375 e. The lowest BCUT2D eigenvalue weighted by Crippen LogP contribution is -2.10. The predicted molar refractivity (Wildman–Crippen MR) is 97.7 cm³/mol. The lowest BCUT2D eigenvalue weighted by atomic mass is 9.86. The van der Waals surface area contributed by atoms with Crippen LogP contribution in [0, 0.1) is 0 Å². The second kappa shape index (κ2) is 6.13. The zero-order chi connectivity index (χ0) is 16.4. The van der Waals surface area contributed by atoms with Crippen LogP contribution in [0.3, 0.4) is 0 Å². The van der Waals surface area contributed by atoms with Crippen molar-refractivity contribution in [3.05, 3.63) is 64.8 Å². The normalized spacial score (nSPS) is 11.6. The highest BCUT2D eigenvalue weighted by Crippen LogP contribution is 2.31. The number of pyridine rings is 1. The Hall–Kier alpha value is -2.20.